The number of fused-ring (bicyclic) bond motifs is 1. The lowest BCUT2D eigenvalue weighted by Crippen LogP contribution is -2.34. The SMILES string of the molecule is CC.CCn1c(=O)[nH]c2cc(-c3cc(OC)c(F)cc3C#N)c(F)cc2c1=O. The molecule has 2 aromatic carbocycles. The summed E-state index contributed by atoms with van der Waals surface area (Å²) in [5.74, 6) is -1.70. The van der Waals surface area contributed by atoms with E-state index in [4.69, 9.17) is 4.74 Å². The highest BCUT2D eigenvalue weighted by Gasteiger charge is 2.17. The minimum absolute atomic E-state index is 0.000263. The Kier molecular flexibility index (Phi) is 6.31. The molecule has 6 nitrogen and oxygen atoms in total. The summed E-state index contributed by atoms with van der Waals surface area (Å²) in [6, 6.07) is 6.18. The molecule has 0 aliphatic carbocycles. The molecule has 0 saturated heterocycles. The summed E-state index contributed by atoms with van der Waals surface area (Å²) in [7, 11) is 1.25. The third-order valence-electron chi connectivity index (χ3n) is 4.09. The average molecular weight is 387 g/mol. The molecule has 0 spiro atoms. The van der Waals surface area contributed by atoms with Gasteiger partial charge in [-0.25, -0.2) is 13.6 Å². The molecule has 3 aromatic rings. The van der Waals surface area contributed by atoms with Crippen LogP contribution in [0.2, 0.25) is 0 Å². The molecule has 0 fully saturated rings. The van der Waals surface area contributed by atoms with E-state index in [2.05, 4.69) is 4.98 Å². The third-order valence-corrected chi connectivity index (χ3v) is 4.09. The number of hydrogen-bond acceptors (Lipinski definition) is 4. The first-order chi connectivity index (χ1) is 13.4. The van der Waals surface area contributed by atoms with E-state index in [0.717, 1.165) is 16.7 Å². The Morgan fingerprint density at radius 1 is 1.11 bits per heavy atom. The van der Waals surface area contributed by atoms with Crippen LogP contribution in [0.4, 0.5) is 8.78 Å². The zero-order valence-corrected chi connectivity index (χ0v) is 15.9. The first-order valence-corrected chi connectivity index (χ1v) is 8.65. The molecular formula is C20H19F2N3O3. The van der Waals surface area contributed by atoms with E-state index in [1.54, 1.807) is 13.0 Å². The largest absolute Gasteiger partial charge is 0.494 e. The number of aromatic amines is 1. The van der Waals surface area contributed by atoms with Crippen molar-refractivity contribution in [2.75, 3.05) is 7.11 Å². The number of halogens is 2. The highest BCUT2D eigenvalue weighted by atomic mass is 19.1. The van der Waals surface area contributed by atoms with E-state index in [1.807, 2.05) is 13.8 Å². The lowest BCUT2D eigenvalue weighted by Gasteiger charge is -2.11. The zero-order valence-electron chi connectivity index (χ0n) is 15.9. The summed E-state index contributed by atoms with van der Waals surface area (Å²) >= 11 is 0. The molecule has 0 aliphatic rings. The monoisotopic (exact) mass is 387 g/mol. The molecule has 8 heteroatoms. The zero-order chi connectivity index (χ0) is 21.0. The topological polar surface area (TPSA) is 87.9 Å². The van der Waals surface area contributed by atoms with E-state index in [-0.39, 0.29) is 39.9 Å². The lowest BCUT2D eigenvalue weighted by molar-refractivity contribution is 0.386. The molecule has 0 radical (unpaired) electrons. The summed E-state index contributed by atoms with van der Waals surface area (Å²) in [4.78, 5) is 26.8. The van der Waals surface area contributed by atoms with Gasteiger partial charge in [-0.05, 0) is 31.2 Å². The van der Waals surface area contributed by atoms with Crippen LogP contribution in [0.5, 0.6) is 5.75 Å². The Labute approximate surface area is 159 Å². The van der Waals surface area contributed by atoms with Crippen LogP contribution in [-0.4, -0.2) is 16.7 Å². The van der Waals surface area contributed by atoms with Gasteiger partial charge in [-0.3, -0.25) is 9.36 Å². The molecular weight excluding hydrogens is 368 g/mol. The van der Waals surface area contributed by atoms with Crippen LogP contribution >= 0.6 is 0 Å². The number of aromatic nitrogens is 2. The predicted octanol–water partition coefficient (Wildman–Crippen LogP) is 3.56. The second-order valence-corrected chi connectivity index (χ2v) is 5.50. The number of benzene rings is 2. The van der Waals surface area contributed by atoms with Gasteiger partial charge in [0.05, 0.1) is 29.6 Å². The van der Waals surface area contributed by atoms with Gasteiger partial charge in [0.25, 0.3) is 5.56 Å². The van der Waals surface area contributed by atoms with Gasteiger partial charge in [0, 0.05) is 17.7 Å². The van der Waals surface area contributed by atoms with Crippen molar-refractivity contribution < 1.29 is 13.5 Å². The molecule has 0 amide bonds. The van der Waals surface area contributed by atoms with Crippen LogP contribution in [0, 0.1) is 23.0 Å². The molecule has 0 saturated carbocycles. The minimum Gasteiger partial charge on any atom is -0.494 e. The summed E-state index contributed by atoms with van der Waals surface area (Å²) < 4.78 is 34.3. The smallest absolute Gasteiger partial charge is 0.328 e. The van der Waals surface area contributed by atoms with Crippen LogP contribution in [0.15, 0.2) is 33.9 Å². The molecule has 0 atom stereocenters. The van der Waals surface area contributed by atoms with Crippen LogP contribution < -0.4 is 16.0 Å². The first-order valence-electron chi connectivity index (χ1n) is 8.65. The number of nitrogens with one attached hydrogen (secondary N) is 1. The maximum Gasteiger partial charge on any atom is 0.328 e. The number of H-pyrrole nitrogens is 1. The van der Waals surface area contributed by atoms with Gasteiger partial charge in [-0.1, -0.05) is 13.8 Å². The summed E-state index contributed by atoms with van der Waals surface area (Å²) in [6.45, 7) is 5.76. The molecule has 146 valence electrons. The van der Waals surface area contributed by atoms with Crippen LogP contribution in [0.25, 0.3) is 22.0 Å². The summed E-state index contributed by atoms with van der Waals surface area (Å²) in [5, 5.41) is 9.24. The quantitative estimate of drug-likeness (QED) is 0.744. The Hall–Kier alpha value is -3.47. The van der Waals surface area contributed by atoms with Gasteiger partial charge < -0.3 is 9.72 Å². The molecule has 1 aromatic heterocycles. The van der Waals surface area contributed by atoms with Crippen molar-refractivity contribution in [2.24, 2.45) is 0 Å². The Morgan fingerprint density at radius 3 is 2.36 bits per heavy atom. The summed E-state index contributed by atoms with van der Waals surface area (Å²) in [5.41, 5.74) is -1.20. The van der Waals surface area contributed by atoms with E-state index in [0.29, 0.717) is 0 Å². The highest BCUT2D eigenvalue weighted by Crippen LogP contribution is 2.33. The van der Waals surface area contributed by atoms with E-state index >= 15 is 0 Å². The van der Waals surface area contributed by atoms with Gasteiger partial charge in [-0.15, -0.1) is 0 Å². The maximum absolute atomic E-state index is 14.7. The van der Waals surface area contributed by atoms with E-state index in [9.17, 15) is 23.6 Å². The van der Waals surface area contributed by atoms with Gasteiger partial charge in [0.1, 0.15) is 5.82 Å². The Morgan fingerprint density at radius 2 is 1.79 bits per heavy atom. The van der Waals surface area contributed by atoms with E-state index < -0.39 is 22.9 Å². The number of rotatable bonds is 3. The van der Waals surface area contributed by atoms with Crippen molar-refractivity contribution in [3.63, 3.8) is 0 Å². The Bertz CT molecular complexity index is 1190. The van der Waals surface area contributed by atoms with E-state index in [1.165, 1.54) is 19.2 Å². The van der Waals surface area contributed by atoms with Crippen molar-refractivity contribution >= 4 is 10.9 Å². The fraction of sp³-hybridized carbons (Fsp3) is 0.250. The number of hydrogen-bond donors (Lipinski definition) is 1. The second kappa shape index (κ2) is 8.48. The van der Waals surface area contributed by atoms with Crippen molar-refractivity contribution in [1.29, 1.82) is 5.26 Å². The second-order valence-electron chi connectivity index (χ2n) is 5.50. The van der Waals surface area contributed by atoms with Crippen molar-refractivity contribution in [1.82, 2.24) is 9.55 Å². The molecule has 0 bridgehead atoms. The van der Waals surface area contributed by atoms with Crippen LogP contribution in [0.3, 0.4) is 0 Å². The van der Waals surface area contributed by atoms with Gasteiger partial charge in [0.15, 0.2) is 11.6 Å². The highest BCUT2D eigenvalue weighted by molar-refractivity contribution is 5.85. The van der Waals surface area contributed by atoms with Crippen LogP contribution in [-0.2, 0) is 6.54 Å². The lowest BCUT2D eigenvalue weighted by atomic mass is 9.98. The van der Waals surface area contributed by atoms with Gasteiger partial charge in [-0.2, -0.15) is 5.26 Å². The van der Waals surface area contributed by atoms with Crippen LogP contribution in [0.1, 0.15) is 26.3 Å². The normalized spacial score (nSPS) is 10.2. The molecule has 28 heavy (non-hydrogen) atoms. The fourth-order valence-electron chi connectivity index (χ4n) is 2.79. The summed E-state index contributed by atoms with van der Waals surface area (Å²) in [6.07, 6.45) is 0. The maximum atomic E-state index is 14.7. The number of nitrogens with zero attached hydrogens (tertiary/aromatic N) is 2. The van der Waals surface area contributed by atoms with Gasteiger partial charge >= 0.3 is 5.69 Å². The molecule has 0 unspecified atom stereocenters. The van der Waals surface area contributed by atoms with Crippen molar-refractivity contribution in [3.05, 3.63) is 62.3 Å². The third kappa shape index (κ3) is 3.51. The molecule has 1 heterocycles. The first kappa shape index (κ1) is 20.8. The van der Waals surface area contributed by atoms with Crippen molar-refractivity contribution in [3.8, 4) is 22.9 Å². The van der Waals surface area contributed by atoms with Crippen molar-refractivity contribution in [2.45, 2.75) is 27.3 Å². The molecule has 0 aliphatic heterocycles. The fourth-order valence-corrected chi connectivity index (χ4v) is 2.79. The minimum atomic E-state index is -0.783. The molecule has 3 rings (SSSR count). The number of ether oxygens (including phenoxy) is 1. The predicted molar refractivity (Wildman–Crippen MR) is 102 cm³/mol. The van der Waals surface area contributed by atoms with Gasteiger partial charge in [0.2, 0.25) is 0 Å². The number of methoxy groups -OCH3 is 1. The Balaban J connectivity index is 0.00000136. The standard InChI is InChI=1S/C18H13F2N3O3.C2H6/c1-3-23-17(24)12-5-13(19)11(6-15(12)22-18(23)25)10-7-16(26-2)14(20)4-9(10)8-21;1-2/h4-7H,3H2,1-2H3,(H,22,25);1-2H3. The average Bonchev–Trinajstić information content (AvgIpc) is 2.70. The molecule has 1 N–H and O–H groups in total. The number of nitriles is 1.